The molecule has 7 nitrogen and oxygen atoms in total. The van der Waals surface area contributed by atoms with E-state index in [9.17, 15) is 23.3 Å². The van der Waals surface area contributed by atoms with E-state index in [1.165, 1.54) is 36.4 Å². The number of non-ortho nitro benzene ring substituents is 1. The monoisotopic (exact) mass is 424 g/mol. The van der Waals surface area contributed by atoms with Crippen LogP contribution in [0.3, 0.4) is 0 Å². The van der Waals surface area contributed by atoms with E-state index in [-0.39, 0.29) is 21.8 Å². The number of carbonyl (C=O) groups is 1. The fourth-order valence-corrected chi connectivity index (χ4v) is 4.43. The van der Waals surface area contributed by atoms with Crippen LogP contribution in [0.5, 0.6) is 0 Å². The number of nitrogens with zero attached hydrogens (tertiary/aromatic N) is 2. The summed E-state index contributed by atoms with van der Waals surface area (Å²) in [5.74, 6) is -0.792. The molecular weight excluding hydrogens is 404 g/mol. The van der Waals surface area contributed by atoms with Crippen LogP contribution in [0.4, 0.5) is 11.4 Å². The van der Waals surface area contributed by atoms with E-state index >= 15 is 0 Å². The Morgan fingerprint density at radius 1 is 0.900 bits per heavy atom. The van der Waals surface area contributed by atoms with Gasteiger partial charge in [0.25, 0.3) is 21.6 Å². The Hall–Kier alpha value is -3.52. The van der Waals surface area contributed by atoms with Gasteiger partial charge in [0.05, 0.1) is 15.5 Å². The van der Waals surface area contributed by atoms with Crippen molar-refractivity contribution in [3.05, 3.63) is 99.1 Å². The van der Waals surface area contributed by atoms with E-state index in [0.717, 1.165) is 15.4 Å². The van der Waals surface area contributed by atoms with E-state index in [1.807, 2.05) is 19.9 Å². The molecule has 0 atom stereocenters. The molecule has 0 N–H and O–H groups in total. The van der Waals surface area contributed by atoms with Crippen LogP contribution in [0.25, 0.3) is 0 Å². The number of hydrogen-bond acceptors (Lipinski definition) is 5. The summed E-state index contributed by atoms with van der Waals surface area (Å²) in [5, 5.41) is 10.9. The van der Waals surface area contributed by atoms with Crippen LogP contribution >= 0.6 is 0 Å². The summed E-state index contributed by atoms with van der Waals surface area (Å²) in [6.45, 7) is 5.40. The Morgan fingerprint density at radius 3 is 2.07 bits per heavy atom. The van der Waals surface area contributed by atoms with Crippen molar-refractivity contribution in [1.82, 2.24) is 0 Å². The highest BCUT2D eigenvalue weighted by Gasteiger charge is 2.33. The number of sulfonamides is 1. The highest BCUT2D eigenvalue weighted by Crippen LogP contribution is 2.30. The number of anilines is 1. The summed E-state index contributed by atoms with van der Waals surface area (Å²) >= 11 is 0. The largest absolute Gasteiger partial charge is 0.272 e. The first kappa shape index (κ1) is 21.2. The number of aryl methyl sites for hydroxylation is 2. The molecule has 0 unspecified atom stereocenters. The molecule has 30 heavy (non-hydrogen) atoms. The van der Waals surface area contributed by atoms with Crippen molar-refractivity contribution < 1.29 is 18.1 Å². The number of nitro groups is 1. The minimum atomic E-state index is -4.23. The maximum Gasteiger partial charge on any atom is 0.272 e. The number of rotatable bonds is 5. The second-order valence-electron chi connectivity index (χ2n) is 6.91. The molecule has 0 heterocycles. The predicted molar refractivity (Wildman–Crippen MR) is 114 cm³/mol. The number of hydrogen-bond donors (Lipinski definition) is 0. The molecule has 0 aliphatic heterocycles. The van der Waals surface area contributed by atoms with Crippen molar-refractivity contribution in [2.24, 2.45) is 0 Å². The van der Waals surface area contributed by atoms with Crippen molar-refractivity contribution >= 4 is 27.3 Å². The van der Waals surface area contributed by atoms with Gasteiger partial charge < -0.3 is 0 Å². The highest BCUT2D eigenvalue weighted by atomic mass is 32.2. The van der Waals surface area contributed by atoms with Crippen molar-refractivity contribution in [1.29, 1.82) is 0 Å². The van der Waals surface area contributed by atoms with Gasteiger partial charge in [0.2, 0.25) is 0 Å². The smallest absolute Gasteiger partial charge is 0.268 e. The van der Waals surface area contributed by atoms with Gasteiger partial charge in [-0.1, -0.05) is 29.8 Å². The van der Waals surface area contributed by atoms with Crippen LogP contribution in [0.1, 0.15) is 27.0 Å². The maximum absolute atomic E-state index is 13.5. The molecule has 0 radical (unpaired) electrons. The lowest BCUT2D eigenvalue weighted by atomic mass is 10.1. The van der Waals surface area contributed by atoms with E-state index < -0.39 is 20.9 Å². The lowest BCUT2D eigenvalue weighted by molar-refractivity contribution is -0.384. The van der Waals surface area contributed by atoms with Crippen LogP contribution in [-0.4, -0.2) is 19.2 Å². The van der Waals surface area contributed by atoms with Gasteiger partial charge in [0, 0.05) is 17.7 Å². The molecule has 0 saturated heterocycles. The van der Waals surface area contributed by atoms with Crippen molar-refractivity contribution in [3.8, 4) is 0 Å². The van der Waals surface area contributed by atoms with Gasteiger partial charge in [-0.2, -0.15) is 4.31 Å². The Balaban J connectivity index is 2.19. The minimum absolute atomic E-state index is 0.0238. The third kappa shape index (κ3) is 3.95. The molecule has 8 heteroatoms. The molecular formula is C22H20N2O5S. The second kappa shape index (κ2) is 8.08. The van der Waals surface area contributed by atoms with Crippen LogP contribution < -0.4 is 4.31 Å². The van der Waals surface area contributed by atoms with Crippen LogP contribution in [-0.2, 0) is 10.0 Å². The molecule has 0 spiro atoms. The molecule has 0 fully saturated rings. The number of benzene rings is 3. The maximum atomic E-state index is 13.5. The molecule has 1 amide bonds. The molecule has 154 valence electrons. The summed E-state index contributed by atoms with van der Waals surface area (Å²) in [6, 6.07) is 16.1. The van der Waals surface area contributed by atoms with Gasteiger partial charge in [-0.25, -0.2) is 8.42 Å². The van der Waals surface area contributed by atoms with Crippen LogP contribution in [0.2, 0.25) is 0 Å². The number of amides is 1. The molecule has 0 bridgehead atoms. The summed E-state index contributed by atoms with van der Waals surface area (Å²) in [5.41, 5.74) is 2.42. The summed E-state index contributed by atoms with van der Waals surface area (Å²) in [7, 11) is -4.23. The van der Waals surface area contributed by atoms with Gasteiger partial charge >= 0.3 is 0 Å². The van der Waals surface area contributed by atoms with E-state index in [2.05, 4.69) is 0 Å². The van der Waals surface area contributed by atoms with Gasteiger partial charge in [-0.3, -0.25) is 14.9 Å². The second-order valence-corrected chi connectivity index (χ2v) is 8.70. The normalized spacial score (nSPS) is 11.2. The van der Waals surface area contributed by atoms with E-state index in [0.29, 0.717) is 5.56 Å². The first-order valence-corrected chi connectivity index (χ1v) is 10.5. The molecule has 3 rings (SSSR count). The molecule has 0 aliphatic rings. The fraction of sp³-hybridized carbons (Fsp3) is 0.136. The third-order valence-corrected chi connectivity index (χ3v) is 6.57. The zero-order chi connectivity index (χ0) is 22.1. The first-order valence-electron chi connectivity index (χ1n) is 9.10. The average Bonchev–Trinajstić information content (AvgIpc) is 2.71. The molecule has 3 aromatic carbocycles. The quantitative estimate of drug-likeness (QED) is 0.442. The topological polar surface area (TPSA) is 97.6 Å². The first-order chi connectivity index (χ1) is 14.1. The van der Waals surface area contributed by atoms with Crippen molar-refractivity contribution in [2.75, 3.05) is 4.31 Å². The Labute approximate surface area is 174 Å². The summed E-state index contributed by atoms with van der Waals surface area (Å²) in [4.78, 5) is 23.7. The van der Waals surface area contributed by atoms with Gasteiger partial charge in [-0.05, 0) is 62.2 Å². The SMILES string of the molecule is Cc1ccc(S(=O)(=O)N(C(=O)c2ccc([N+](=O)[O-])cc2)c2cccc(C)c2C)cc1. The van der Waals surface area contributed by atoms with Gasteiger partial charge in [0.15, 0.2) is 0 Å². The summed E-state index contributed by atoms with van der Waals surface area (Å²) in [6.07, 6.45) is 0. The predicted octanol–water partition coefficient (Wildman–Crippen LogP) is 4.56. The molecule has 3 aromatic rings. The lowest BCUT2D eigenvalue weighted by Gasteiger charge is -2.25. The molecule has 0 aromatic heterocycles. The molecule has 0 aliphatic carbocycles. The zero-order valence-corrected chi connectivity index (χ0v) is 17.5. The highest BCUT2D eigenvalue weighted by molar-refractivity contribution is 7.93. The third-order valence-electron chi connectivity index (χ3n) is 4.86. The standard InChI is InChI=1S/C22H20N2O5S/c1-15-7-13-20(14-8-15)30(28,29)23(21-6-4-5-16(2)17(21)3)22(25)18-9-11-19(12-10-18)24(26)27/h4-14H,1-3H3. The minimum Gasteiger partial charge on any atom is -0.268 e. The van der Waals surface area contributed by atoms with E-state index in [1.54, 1.807) is 31.2 Å². The van der Waals surface area contributed by atoms with Crippen LogP contribution in [0.15, 0.2) is 71.6 Å². The van der Waals surface area contributed by atoms with Gasteiger partial charge in [0.1, 0.15) is 0 Å². The van der Waals surface area contributed by atoms with E-state index in [4.69, 9.17) is 0 Å². The van der Waals surface area contributed by atoms with Crippen molar-refractivity contribution in [2.45, 2.75) is 25.7 Å². The summed E-state index contributed by atoms with van der Waals surface area (Å²) < 4.78 is 27.8. The Kier molecular flexibility index (Phi) is 5.71. The fourth-order valence-electron chi connectivity index (χ4n) is 2.96. The zero-order valence-electron chi connectivity index (χ0n) is 16.7. The number of carbonyl (C=O) groups excluding carboxylic acids is 1. The van der Waals surface area contributed by atoms with Crippen molar-refractivity contribution in [3.63, 3.8) is 0 Å². The molecule has 0 saturated carbocycles. The Morgan fingerprint density at radius 2 is 1.50 bits per heavy atom. The number of nitro benzene ring substituents is 1. The average molecular weight is 424 g/mol. The van der Waals surface area contributed by atoms with Crippen LogP contribution in [0, 0.1) is 30.9 Å². The Bertz CT molecular complexity index is 1220. The van der Waals surface area contributed by atoms with Gasteiger partial charge in [-0.15, -0.1) is 0 Å². The lowest BCUT2D eigenvalue weighted by Crippen LogP contribution is -2.37.